The first kappa shape index (κ1) is 14.7. The lowest BCUT2D eigenvalue weighted by Crippen LogP contribution is -2.02. The number of aromatic nitrogens is 5. The SMILES string of the molecule is Cc1ccc(-c2nnc(SCc3cn(CCO)nn3)o2)cc1. The third-order valence-electron chi connectivity index (χ3n) is 2.96. The molecule has 0 aliphatic rings. The zero-order valence-corrected chi connectivity index (χ0v) is 12.8. The van der Waals surface area contributed by atoms with E-state index < -0.39 is 0 Å². The summed E-state index contributed by atoms with van der Waals surface area (Å²) in [6.45, 7) is 2.51. The molecule has 0 atom stereocenters. The van der Waals surface area contributed by atoms with Gasteiger partial charge in [-0.25, -0.2) is 4.68 Å². The Kier molecular flexibility index (Phi) is 4.50. The summed E-state index contributed by atoms with van der Waals surface area (Å²) < 4.78 is 7.23. The Hall–Kier alpha value is -2.19. The molecule has 2 aromatic heterocycles. The van der Waals surface area contributed by atoms with E-state index in [9.17, 15) is 0 Å². The Labute approximate surface area is 131 Å². The second-order valence-corrected chi connectivity index (χ2v) is 5.65. The van der Waals surface area contributed by atoms with Crippen molar-refractivity contribution in [1.29, 1.82) is 0 Å². The minimum Gasteiger partial charge on any atom is -0.411 e. The lowest BCUT2D eigenvalue weighted by atomic mass is 10.1. The van der Waals surface area contributed by atoms with Crippen molar-refractivity contribution >= 4 is 11.8 Å². The van der Waals surface area contributed by atoms with E-state index in [0.29, 0.717) is 23.4 Å². The summed E-state index contributed by atoms with van der Waals surface area (Å²) in [5.74, 6) is 1.09. The predicted octanol–water partition coefficient (Wildman–Crippen LogP) is 1.92. The van der Waals surface area contributed by atoms with Gasteiger partial charge in [0.1, 0.15) is 0 Å². The van der Waals surface area contributed by atoms with Crippen molar-refractivity contribution in [1.82, 2.24) is 25.2 Å². The maximum absolute atomic E-state index is 8.84. The highest BCUT2D eigenvalue weighted by atomic mass is 32.2. The smallest absolute Gasteiger partial charge is 0.277 e. The first-order valence-electron chi connectivity index (χ1n) is 6.78. The molecule has 114 valence electrons. The average Bonchev–Trinajstić information content (AvgIpc) is 3.16. The molecule has 1 aromatic carbocycles. The zero-order valence-electron chi connectivity index (χ0n) is 12.0. The van der Waals surface area contributed by atoms with Crippen molar-refractivity contribution in [2.24, 2.45) is 0 Å². The molecule has 0 spiro atoms. The first-order valence-corrected chi connectivity index (χ1v) is 7.76. The van der Waals surface area contributed by atoms with Gasteiger partial charge in [-0.3, -0.25) is 0 Å². The number of hydrogen-bond acceptors (Lipinski definition) is 7. The fourth-order valence-corrected chi connectivity index (χ4v) is 2.47. The third-order valence-corrected chi connectivity index (χ3v) is 3.82. The van der Waals surface area contributed by atoms with Crippen LogP contribution in [-0.2, 0) is 12.3 Å². The number of benzene rings is 1. The number of hydrogen-bond donors (Lipinski definition) is 1. The molecule has 0 bridgehead atoms. The van der Waals surface area contributed by atoms with Gasteiger partial charge in [-0.15, -0.1) is 15.3 Å². The summed E-state index contributed by atoms with van der Waals surface area (Å²) in [6, 6.07) is 7.92. The molecule has 0 fully saturated rings. The highest BCUT2D eigenvalue weighted by molar-refractivity contribution is 7.98. The Morgan fingerprint density at radius 1 is 1.18 bits per heavy atom. The molecule has 3 rings (SSSR count). The summed E-state index contributed by atoms with van der Waals surface area (Å²) in [6.07, 6.45) is 1.79. The summed E-state index contributed by atoms with van der Waals surface area (Å²) >= 11 is 1.40. The van der Waals surface area contributed by atoms with Crippen LogP contribution < -0.4 is 0 Å². The summed E-state index contributed by atoms with van der Waals surface area (Å²) in [5, 5.41) is 25.3. The quantitative estimate of drug-likeness (QED) is 0.695. The zero-order chi connectivity index (χ0) is 15.4. The van der Waals surface area contributed by atoms with E-state index in [1.54, 1.807) is 10.9 Å². The topological polar surface area (TPSA) is 89.9 Å². The molecule has 1 N–H and O–H groups in total. The van der Waals surface area contributed by atoms with Gasteiger partial charge in [-0.1, -0.05) is 34.7 Å². The fourth-order valence-electron chi connectivity index (χ4n) is 1.83. The normalized spacial score (nSPS) is 11.0. The van der Waals surface area contributed by atoms with E-state index >= 15 is 0 Å². The highest BCUT2D eigenvalue weighted by Crippen LogP contribution is 2.25. The van der Waals surface area contributed by atoms with Gasteiger partial charge in [0.05, 0.1) is 18.8 Å². The Balaban J connectivity index is 1.62. The minimum absolute atomic E-state index is 0.0412. The van der Waals surface area contributed by atoms with E-state index in [-0.39, 0.29) is 6.61 Å². The van der Waals surface area contributed by atoms with Crippen LogP contribution in [0.3, 0.4) is 0 Å². The van der Waals surface area contributed by atoms with Gasteiger partial charge in [-0.05, 0) is 19.1 Å². The Morgan fingerprint density at radius 2 is 2.00 bits per heavy atom. The molecule has 8 heteroatoms. The highest BCUT2D eigenvalue weighted by Gasteiger charge is 2.10. The molecule has 22 heavy (non-hydrogen) atoms. The maximum atomic E-state index is 8.84. The molecular formula is C14H15N5O2S. The van der Waals surface area contributed by atoms with Gasteiger partial charge < -0.3 is 9.52 Å². The molecule has 2 heterocycles. The van der Waals surface area contributed by atoms with Gasteiger partial charge in [0.25, 0.3) is 5.22 Å². The predicted molar refractivity (Wildman–Crippen MR) is 81.1 cm³/mol. The number of rotatable bonds is 6. The van der Waals surface area contributed by atoms with Crippen molar-refractivity contribution in [2.45, 2.75) is 24.4 Å². The number of thioether (sulfide) groups is 1. The Morgan fingerprint density at radius 3 is 2.77 bits per heavy atom. The van der Waals surface area contributed by atoms with Crippen LogP contribution in [0.2, 0.25) is 0 Å². The van der Waals surface area contributed by atoms with E-state index in [4.69, 9.17) is 9.52 Å². The van der Waals surface area contributed by atoms with Crippen LogP contribution in [0.25, 0.3) is 11.5 Å². The summed E-state index contributed by atoms with van der Waals surface area (Å²) in [5.41, 5.74) is 2.89. The van der Waals surface area contributed by atoms with Gasteiger partial charge in [0.2, 0.25) is 5.89 Å². The van der Waals surface area contributed by atoms with Crippen molar-refractivity contribution in [2.75, 3.05) is 6.61 Å². The van der Waals surface area contributed by atoms with Crippen molar-refractivity contribution in [3.63, 3.8) is 0 Å². The van der Waals surface area contributed by atoms with Crippen molar-refractivity contribution in [3.8, 4) is 11.5 Å². The minimum atomic E-state index is 0.0412. The second kappa shape index (κ2) is 6.71. The molecule has 0 aliphatic carbocycles. The lowest BCUT2D eigenvalue weighted by Gasteiger charge is -1.95. The van der Waals surface area contributed by atoms with Crippen LogP contribution in [0, 0.1) is 6.92 Å². The third kappa shape index (κ3) is 3.52. The maximum Gasteiger partial charge on any atom is 0.277 e. The van der Waals surface area contributed by atoms with Gasteiger partial charge in [0.15, 0.2) is 0 Å². The van der Waals surface area contributed by atoms with E-state index in [1.165, 1.54) is 17.3 Å². The molecular weight excluding hydrogens is 302 g/mol. The molecule has 0 unspecified atom stereocenters. The molecule has 7 nitrogen and oxygen atoms in total. The van der Waals surface area contributed by atoms with E-state index in [0.717, 1.165) is 11.3 Å². The summed E-state index contributed by atoms with van der Waals surface area (Å²) in [7, 11) is 0. The fraction of sp³-hybridized carbons (Fsp3) is 0.286. The first-order chi connectivity index (χ1) is 10.7. The number of aliphatic hydroxyl groups excluding tert-OH is 1. The van der Waals surface area contributed by atoms with E-state index in [1.807, 2.05) is 31.2 Å². The van der Waals surface area contributed by atoms with Crippen LogP contribution in [0.1, 0.15) is 11.3 Å². The molecule has 0 saturated carbocycles. The van der Waals surface area contributed by atoms with Gasteiger partial charge >= 0.3 is 0 Å². The van der Waals surface area contributed by atoms with Crippen LogP contribution in [0.15, 0.2) is 40.1 Å². The van der Waals surface area contributed by atoms with Crippen molar-refractivity contribution < 1.29 is 9.52 Å². The number of aryl methyl sites for hydroxylation is 1. The molecule has 3 aromatic rings. The average molecular weight is 317 g/mol. The van der Waals surface area contributed by atoms with Crippen LogP contribution >= 0.6 is 11.8 Å². The Bertz CT molecular complexity index is 738. The van der Waals surface area contributed by atoms with E-state index in [2.05, 4.69) is 20.5 Å². The summed E-state index contributed by atoms with van der Waals surface area (Å²) in [4.78, 5) is 0. The van der Waals surface area contributed by atoms with Gasteiger partial charge in [-0.2, -0.15) is 0 Å². The molecule has 0 amide bonds. The molecule has 0 saturated heterocycles. The second-order valence-electron chi connectivity index (χ2n) is 4.72. The van der Waals surface area contributed by atoms with Crippen LogP contribution in [0.4, 0.5) is 0 Å². The van der Waals surface area contributed by atoms with Crippen LogP contribution in [-0.4, -0.2) is 36.9 Å². The van der Waals surface area contributed by atoms with Crippen LogP contribution in [0.5, 0.6) is 0 Å². The number of nitrogens with zero attached hydrogens (tertiary/aromatic N) is 5. The largest absolute Gasteiger partial charge is 0.411 e. The number of aliphatic hydroxyl groups is 1. The molecule has 0 aliphatic heterocycles. The lowest BCUT2D eigenvalue weighted by molar-refractivity contribution is 0.268. The monoisotopic (exact) mass is 317 g/mol. The standard InChI is InChI=1S/C14H15N5O2S/c1-10-2-4-11(5-3-10)13-16-17-14(21-13)22-9-12-8-19(6-7-20)18-15-12/h2-5,8,20H,6-7,9H2,1H3. The van der Waals surface area contributed by atoms with Crippen molar-refractivity contribution in [3.05, 3.63) is 41.7 Å². The molecule has 0 radical (unpaired) electrons. The van der Waals surface area contributed by atoms with Gasteiger partial charge in [0, 0.05) is 17.5 Å².